The van der Waals surface area contributed by atoms with E-state index in [4.69, 9.17) is 0 Å². The molecule has 0 aliphatic heterocycles. The zero-order valence-corrected chi connectivity index (χ0v) is 9.36. The third-order valence-corrected chi connectivity index (χ3v) is 3.19. The molecule has 0 bridgehead atoms. The lowest BCUT2D eigenvalue weighted by Crippen LogP contribution is -2.37. The van der Waals surface area contributed by atoms with Crippen LogP contribution in [0.2, 0.25) is 0 Å². The lowest BCUT2D eigenvalue weighted by atomic mass is 9.95. The molecule has 3 nitrogen and oxygen atoms in total. The number of hydrogen-bond acceptors (Lipinski definition) is 3. The van der Waals surface area contributed by atoms with E-state index in [1.54, 1.807) is 0 Å². The molecule has 0 aromatic carbocycles. The Morgan fingerprint density at radius 2 is 1.93 bits per heavy atom. The van der Waals surface area contributed by atoms with Crippen molar-refractivity contribution in [2.45, 2.75) is 45.1 Å². The summed E-state index contributed by atoms with van der Waals surface area (Å²) in [4.78, 5) is 22.0. The van der Waals surface area contributed by atoms with Gasteiger partial charge in [0.15, 0.2) is 5.12 Å². The summed E-state index contributed by atoms with van der Waals surface area (Å²) in [6.07, 6.45) is 5.90. The highest BCUT2D eigenvalue weighted by molar-refractivity contribution is 8.14. The maximum atomic E-state index is 11.3. The first kappa shape index (κ1) is 11.6. The van der Waals surface area contributed by atoms with Crippen molar-refractivity contribution in [2.24, 2.45) is 0 Å². The van der Waals surface area contributed by atoms with Crippen molar-refractivity contribution in [3.05, 3.63) is 0 Å². The normalized spacial score (nSPS) is 17.8. The van der Waals surface area contributed by atoms with Crippen molar-refractivity contribution in [3.8, 4) is 0 Å². The summed E-state index contributed by atoms with van der Waals surface area (Å²) >= 11 is 1.08. The van der Waals surface area contributed by atoms with Gasteiger partial charge in [-0.15, -0.1) is 0 Å². The highest BCUT2D eigenvalue weighted by atomic mass is 32.2. The molecule has 1 N–H and O–H groups in total. The molecule has 1 fully saturated rings. The van der Waals surface area contributed by atoms with Crippen molar-refractivity contribution in [1.82, 2.24) is 5.32 Å². The Morgan fingerprint density at radius 3 is 2.50 bits per heavy atom. The third-order valence-electron chi connectivity index (χ3n) is 2.38. The zero-order valence-electron chi connectivity index (χ0n) is 8.54. The molecular weight excluding hydrogens is 198 g/mol. The molecular formula is C10H17NO2S. The van der Waals surface area contributed by atoms with Gasteiger partial charge < -0.3 is 5.32 Å². The lowest BCUT2D eigenvalue weighted by molar-refractivity contribution is -0.119. The molecule has 1 aliphatic carbocycles. The molecule has 14 heavy (non-hydrogen) atoms. The van der Waals surface area contributed by atoms with Gasteiger partial charge in [0.1, 0.15) is 0 Å². The van der Waals surface area contributed by atoms with E-state index in [-0.39, 0.29) is 16.8 Å². The van der Waals surface area contributed by atoms with E-state index < -0.39 is 0 Å². The first-order chi connectivity index (χ1) is 6.68. The van der Waals surface area contributed by atoms with Crippen LogP contribution in [0.1, 0.15) is 39.0 Å². The molecule has 1 aliphatic rings. The van der Waals surface area contributed by atoms with Crippen LogP contribution in [0.15, 0.2) is 0 Å². The van der Waals surface area contributed by atoms with Gasteiger partial charge in [-0.3, -0.25) is 9.59 Å². The van der Waals surface area contributed by atoms with Crippen molar-refractivity contribution >= 4 is 22.8 Å². The first-order valence-electron chi connectivity index (χ1n) is 5.11. The molecule has 0 aromatic rings. The Morgan fingerprint density at radius 1 is 1.29 bits per heavy atom. The van der Waals surface area contributed by atoms with E-state index in [0.717, 1.165) is 24.6 Å². The fourth-order valence-corrected chi connectivity index (χ4v) is 2.10. The van der Waals surface area contributed by atoms with E-state index in [1.807, 2.05) is 0 Å². The topological polar surface area (TPSA) is 46.2 Å². The van der Waals surface area contributed by atoms with Gasteiger partial charge >= 0.3 is 0 Å². The molecule has 1 rings (SSSR count). The molecule has 4 heteroatoms. The molecule has 1 amide bonds. The van der Waals surface area contributed by atoms with Gasteiger partial charge in [0.2, 0.25) is 5.91 Å². The summed E-state index contributed by atoms with van der Waals surface area (Å²) in [7, 11) is 0. The zero-order chi connectivity index (χ0) is 10.4. The fourth-order valence-electron chi connectivity index (χ4n) is 1.68. The lowest BCUT2D eigenvalue weighted by Gasteiger charge is -2.22. The summed E-state index contributed by atoms with van der Waals surface area (Å²) in [6, 6.07) is 0.351. The smallest absolute Gasteiger partial charge is 0.230 e. The SMILES string of the molecule is CC(=O)SCC(=O)NC1CCCCC1. The molecule has 0 unspecified atom stereocenters. The van der Waals surface area contributed by atoms with Crippen LogP contribution in [0.5, 0.6) is 0 Å². The van der Waals surface area contributed by atoms with Crippen molar-refractivity contribution in [1.29, 1.82) is 0 Å². The average Bonchev–Trinajstić information content (AvgIpc) is 2.16. The van der Waals surface area contributed by atoms with Gasteiger partial charge in [0.05, 0.1) is 5.75 Å². The predicted molar refractivity (Wildman–Crippen MR) is 58.2 cm³/mol. The van der Waals surface area contributed by atoms with Gasteiger partial charge in [-0.1, -0.05) is 31.0 Å². The molecule has 0 atom stereocenters. The second-order valence-electron chi connectivity index (χ2n) is 3.68. The number of rotatable bonds is 3. The fraction of sp³-hybridized carbons (Fsp3) is 0.800. The summed E-state index contributed by atoms with van der Waals surface area (Å²) < 4.78 is 0. The van der Waals surface area contributed by atoms with Gasteiger partial charge in [-0.2, -0.15) is 0 Å². The van der Waals surface area contributed by atoms with Gasteiger partial charge in [-0.05, 0) is 12.8 Å². The summed E-state index contributed by atoms with van der Waals surface area (Å²) in [5.74, 6) is 0.267. The van der Waals surface area contributed by atoms with Crippen LogP contribution in [0.3, 0.4) is 0 Å². The second-order valence-corrected chi connectivity index (χ2v) is 4.83. The van der Waals surface area contributed by atoms with Gasteiger partial charge in [0, 0.05) is 13.0 Å². The Labute approximate surface area is 89.0 Å². The van der Waals surface area contributed by atoms with Crippen molar-refractivity contribution in [3.63, 3.8) is 0 Å². The van der Waals surface area contributed by atoms with Crippen molar-refractivity contribution < 1.29 is 9.59 Å². The molecule has 0 aromatic heterocycles. The second kappa shape index (κ2) is 6.06. The summed E-state index contributed by atoms with van der Waals surface area (Å²) in [5, 5.41) is 2.97. The van der Waals surface area contributed by atoms with Gasteiger partial charge in [0.25, 0.3) is 0 Å². The first-order valence-corrected chi connectivity index (χ1v) is 6.10. The van der Waals surface area contributed by atoms with E-state index in [0.29, 0.717) is 6.04 Å². The van der Waals surface area contributed by atoms with E-state index in [1.165, 1.54) is 26.2 Å². The number of nitrogens with one attached hydrogen (secondary N) is 1. The Balaban J connectivity index is 2.15. The van der Waals surface area contributed by atoms with Crippen molar-refractivity contribution in [2.75, 3.05) is 5.75 Å². The van der Waals surface area contributed by atoms with E-state index in [2.05, 4.69) is 5.32 Å². The van der Waals surface area contributed by atoms with Crippen LogP contribution >= 0.6 is 11.8 Å². The summed E-state index contributed by atoms with van der Waals surface area (Å²) in [5.41, 5.74) is 0. The number of carbonyl (C=O) groups excluding carboxylic acids is 2. The molecule has 1 saturated carbocycles. The van der Waals surface area contributed by atoms with Crippen LogP contribution in [0, 0.1) is 0 Å². The number of carbonyl (C=O) groups is 2. The van der Waals surface area contributed by atoms with Crippen LogP contribution in [0.25, 0.3) is 0 Å². The maximum Gasteiger partial charge on any atom is 0.230 e. The number of hydrogen-bond donors (Lipinski definition) is 1. The van der Waals surface area contributed by atoms with Gasteiger partial charge in [-0.25, -0.2) is 0 Å². The minimum Gasteiger partial charge on any atom is -0.353 e. The molecule has 0 radical (unpaired) electrons. The quantitative estimate of drug-likeness (QED) is 0.779. The largest absolute Gasteiger partial charge is 0.353 e. The number of thioether (sulfide) groups is 1. The standard InChI is InChI=1S/C10H17NO2S/c1-8(12)14-7-10(13)11-9-5-3-2-4-6-9/h9H,2-7H2,1H3,(H,11,13). The van der Waals surface area contributed by atoms with E-state index in [9.17, 15) is 9.59 Å². The van der Waals surface area contributed by atoms with Crippen LogP contribution in [0.4, 0.5) is 0 Å². The molecule has 0 saturated heterocycles. The minimum absolute atomic E-state index is 0.00269. The van der Waals surface area contributed by atoms with E-state index >= 15 is 0 Å². The highest BCUT2D eigenvalue weighted by Crippen LogP contribution is 2.17. The highest BCUT2D eigenvalue weighted by Gasteiger charge is 2.15. The minimum atomic E-state index is -0.00269. The molecule has 0 spiro atoms. The average molecular weight is 215 g/mol. The van der Waals surface area contributed by atoms with Crippen LogP contribution < -0.4 is 5.32 Å². The van der Waals surface area contributed by atoms with Crippen LogP contribution in [-0.2, 0) is 9.59 Å². The predicted octanol–water partition coefficient (Wildman–Crippen LogP) is 1.71. The Kier molecular flexibility index (Phi) is 5.01. The molecule has 0 heterocycles. The molecule has 80 valence electrons. The maximum absolute atomic E-state index is 11.3. The Bertz CT molecular complexity index is 212. The third kappa shape index (κ3) is 4.65. The summed E-state index contributed by atoms with van der Waals surface area (Å²) in [6.45, 7) is 1.48. The Hall–Kier alpha value is -0.510. The monoisotopic (exact) mass is 215 g/mol. The number of amides is 1. The van der Waals surface area contributed by atoms with Crippen LogP contribution in [-0.4, -0.2) is 22.8 Å².